The minimum Gasteiger partial charge on any atom is -0.478 e. The Hall–Kier alpha value is -2.72. The van der Waals surface area contributed by atoms with E-state index in [4.69, 9.17) is 16.0 Å². The number of anilines is 1. The fourth-order valence-corrected chi connectivity index (χ4v) is 4.87. The Morgan fingerprint density at radius 3 is 2.42 bits per heavy atom. The van der Waals surface area contributed by atoms with Crippen molar-refractivity contribution in [3.8, 4) is 11.3 Å². The van der Waals surface area contributed by atoms with E-state index in [9.17, 15) is 9.90 Å². The predicted molar refractivity (Wildman–Crippen MR) is 125 cm³/mol. The van der Waals surface area contributed by atoms with Crippen LogP contribution in [0, 0.1) is 19.8 Å². The van der Waals surface area contributed by atoms with Crippen LogP contribution in [-0.4, -0.2) is 11.1 Å². The number of hydrogen-bond donors (Lipinski definition) is 2. The van der Waals surface area contributed by atoms with Gasteiger partial charge in [0, 0.05) is 21.8 Å². The molecule has 1 aliphatic carbocycles. The van der Waals surface area contributed by atoms with Gasteiger partial charge in [-0.25, -0.2) is 4.79 Å². The van der Waals surface area contributed by atoms with Crippen LogP contribution >= 0.6 is 11.6 Å². The van der Waals surface area contributed by atoms with E-state index < -0.39 is 5.97 Å². The van der Waals surface area contributed by atoms with Gasteiger partial charge in [-0.05, 0) is 86.7 Å². The van der Waals surface area contributed by atoms with Gasteiger partial charge in [0.05, 0.1) is 11.6 Å². The van der Waals surface area contributed by atoms with Gasteiger partial charge in [0.2, 0.25) is 0 Å². The molecular formula is C26H28ClNO3. The summed E-state index contributed by atoms with van der Waals surface area (Å²) >= 11 is 6.14. The summed E-state index contributed by atoms with van der Waals surface area (Å²) in [5, 5.41) is 13.6. The molecule has 1 aromatic heterocycles. The van der Waals surface area contributed by atoms with Crippen LogP contribution in [0.5, 0.6) is 0 Å². The Morgan fingerprint density at radius 1 is 1.06 bits per heavy atom. The molecule has 1 heterocycles. The summed E-state index contributed by atoms with van der Waals surface area (Å²) in [5.74, 6) is 1.35. The van der Waals surface area contributed by atoms with Crippen LogP contribution < -0.4 is 5.32 Å². The summed E-state index contributed by atoms with van der Waals surface area (Å²) in [6.45, 7) is 4.06. The number of carbonyl (C=O) groups is 1. The Bertz CT molecular complexity index is 1060. The molecule has 1 aliphatic rings. The number of carboxylic acid groups (broad SMARTS) is 1. The molecule has 0 bridgehead atoms. The van der Waals surface area contributed by atoms with Crippen LogP contribution in [-0.2, 0) is 0 Å². The summed E-state index contributed by atoms with van der Waals surface area (Å²) in [7, 11) is 0. The summed E-state index contributed by atoms with van der Waals surface area (Å²) in [5.41, 5.74) is 4.51. The van der Waals surface area contributed by atoms with Gasteiger partial charge in [-0.15, -0.1) is 0 Å². The Balaban J connectivity index is 1.68. The van der Waals surface area contributed by atoms with E-state index >= 15 is 0 Å². The van der Waals surface area contributed by atoms with E-state index in [1.54, 1.807) is 12.1 Å². The molecule has 1 saturated carbocycles. The highest BCUT2D eigenvalue weighted by Gasteiger charge is 2.28. The highest BCUT2D eigenvalue weighted by atomic mass is 35.5. The van der Waals surface area contributed by atoms with Crippen molar-refractivity contribution >= 4 is 23.3 Å². The minimum atomic E-state index is -0.913. The van der Waals surface area contributed by atoms with Crippen LogP contribution in [0.25, 0.3) is 11.3 Å². The lowest BCUT2D eigenvalue weighted by atomic mass is 9.81. The monoisotopic (exact) mass is 437 g/mol. The molecule has 4 rings (SSSR count). The second-order valence-electron chi connectivity index (χ2n) is 8.48. The van der Waals surface area contributed by atoms with E-state index in [1.807, 2.05) is 44.2 Å². The van der Waals surface area contributed by atoms with Crippen molar-refractivity contribution in [2.75, 3.05) is 5.32 Å². The fraction of sp³-hybridized carbons (Fsp3) is 0.346. The third kappa shape index (κ3) is 4.80. The Labute approximate surface area is 188 Å². The SMILES string of the molecule is Cc1cc(Cl)ccc1-c1cc(C(Nc2ccc(C(=O)O)cc2)C2CCCCC2)c(C)o1. The third-order valence-electron chi connectivity index (χ3n) is 6.32. The number of hydrogen-bond acceptors (Lipinski definition) is 3. The summed E-state index contributed by atoms with van der Waals surface area (Å²) < 4.78 is 6.22. The number of benzene rings is 2. The molecule has 2 N–H and O–H groups in total. The quantitative estimate of drug-likeness (QED) is 0.415. The first-order valence-electron chi connectivity index (χ1n) is 10.9. The van der Waals surface area contributed by atoms with Gasteiger partial charge in [-0.3, -0.25) is 0 Å². The van der Waals surface area contributed by atoms with Gasteiger partial charge >= 0.3 is 5.97 Å². The molecular weight excluding hydrogens is 410 g/mol. The van der Waals surface area contributed by atoms with Gasteiger partial charge in [-0.2, -0.15) is 0 Å². The Kier molecular flexibility index (Phi) is 6.38. The molecule has 3 aromatic rings. The van der Waals surface area contributed by atoms with E-state index in [1.165, 1.54) is 37.7 Å². The largest absolute Gasteiger partial charge is 0.478 e. The molecule has 162 valence electrons. The maximum atomic E-state index is 11.2. The summed E-state index contributed by atoms with van der Waals surface area (Å²) in [6.07, 6.45) is 6.10. The molecule has 0 aliphatic heterocycles. The zero-order valence-electron chi connectivity index (χ0n) is 18.0. The number of carboxylic acids is 1. The standard InChI is InChI=1S/C26H28ClNO3/c1-16-14-20(27)10-13-22(16)24-15-23(17(2)31-24)25(18-6-4-3-5-7-18)28-21-11-8-19(9-12-21)26(29)30/h8-15,18,25,28H,3-7H2,1-2H3,(H,29,30). The summed E-state index contributed by atoms with van der Waals surface area (Å²) in [6, 6.07) is 15.1. The zero-order valence-corrected chi connectivity index (χ0v) is 18.7. The van der Waals surface area contributed by atoms with Crippen molar-refractivity contribution in [2.45, 2.75) is 52.0 Å². The number of furan rings is 1. The normalized spacial score (nSPS) is 15.6. The van der Waals surface area contributed by atoms with Crippen molar-refractivity contribution in [3.05, 3.63) is 76.0 Å². The molecule has 1 atom stereocenters. The van der Waals surface area contributed by atoms with Gasteiger partial charge in [0.1, 0.15) is 11.5 Å². The van der Waals surface area contributed by atoms with Crippen LogP contribution in [0.2, 0.25) is 5.02 Å². The number of aryl methyl sites for hydroxylation is 2. The van der Waals surface area contributed by atoms with E-state index in [0.717, 1.165) is 33.4 Å². The van der Waals surface area contributed by atoms with Gasteiger partial charge in [0.15, 0.2) is 0 Å². The third-order valence-corrected chi connectivity index (χ3v) is 6.56. The highest BCUT2D eigenvalue weighted by molar-refractivity contribution is 6.30. The van der Waals surface area contributed by atoms with Crippen molar-refractivity contribution in [1.82, 2.24) is 0 Å². The van der Waals surface area contributed by atoms with Crippen molar-refractivity contribution in [2.24, 2.45) is 5.92 Å². The van der Waals surface area contributed by atoms with Crippen LogP contribution in [0.3, 0.4) is 0 Å². The molecule has 2 aromatic carbocycles. The maximum absolute atomic E-state index is 11.2. The van der Waals surface area contributed by atoms with Gasteiger partial charge < -0.3 is 14.8 Å². The number of aromatic carboxylic acids is 1. The smallest absolute Gasteiger partial charge is 0.335 e. The molecule has 0 amide bonds. The zero-order chi connectivity index (χ0) is 22.0. The minimum absolute atomic E-state index is 0.112. The Morgan fingerprint density at radius 2 is 1.77 bits per heavy atom. The van der Waals surface area contributed by atoms with E-state index in [-0.39, 0.29) is 6.04 Å². The highest BCUT2D eigenvalue weighted by Crippen LogP contribution is 2.41. The topological polar surface area (TPSA) is 62.5 Å². The van der Waals surface area contributed by atoms with Crippen LogP contribution in [0.1, 0.15) is 65.4 Å². The lowest BCUT2D eigenvalue weighted by Crippen LogP contribution is -2.23. The van der Waals surface area contributed by atoms with Crippen LogP contribution in [0.4, 0.5) is 5.69 Å². The van der Waals surface area contributed by atoms with Crippen LogP contribution in [0.15, 0.2) is 52.9 Å². The first-order chi connectivity index (χ1) is 14.9. The lowest BCUT2D eigenvalue weighted by Gasteiger charge is -2.31. The molecule has 0 spiro atoms. The number of halogens is 1. The van der Waals surface area contributed by atoms with Gasteiger partial charge in [-0.1, -0.05) is 30.9 Å². The summed E-state index contributed by atoms with van der Waals surface area (Å²) in [4.78, 5) is 11.2. The second-order valence-corrected chi connectivity index (χ2v) is 8.92. The molecule has 0 saturated heterocycles. The maximum Gasteiger partial charge on any atom is 0.335 e. The number of nitrogens with one attached hydrogen (secondary N) is 1. The first kappa shape index (κ1) is 21.5. The van der Waals surface area contributed by atoms with Crippen molar-refractivity contribution < 1.29 is 14.3 Å². The number of rotatable bonds is 6. The average molecular weight is 438 g/mol. The first-order valence-corrected chi connectivity index (χ1v) is 11.3. The molecule has 5 heteroatoms. The molecule has 1 unspecified atom stereocenters. The average Bonchev–Trinajstić information content (AvgIpc) is 3.14. The predicted octanol–water partition coefficient (Wildman–Crippen LogP) is 7.65. The van der Waals surface area contributed by atoms with E-state index in [2.05, 4.69) is 11.4 Å². The van der Waals surface area contributed by atoms with E-state index in [0.29, 0.717) is 11.5 Å². The van der Waals surface area contributed by atoms with Gasteiger partial charge in [0.25, 0.3) is 0 Å². The molecule has 0 radical (unpaired) electrons. The molecule has 31 heavy (non-hydrogen) atoms. The van der Waals surface area contributed by atoms with Crippen molar-refractivity contribution in [1.29, 1.82) is 0 Å². The fourth-order valence-electron chi connectivity index (χ4n) is 4.65. The van der Waals surface area contributed by atoms with Crippen molar-refractivity contribution in [3.63, 3.8) is 0 Å². The second kappa shape index (κ2) is 9.19. The molecule has 1 fully saturated rings. The molecule has 4 nitrogen and oxygen atoms in total. The lowest BCUT2D eigenvalue weighted by molar-refractivity contribution is 0.0697.